The molecule has 4 rings (SSSR count). The number of nitrogens with zero attached hydrogens (tertiary/aromatic N) is 2. The number of halogens is 2. The Kier molecular flexibility index (Phi) is 7.56. The molecule has 1 aliphatic heterocycles. The van der Waals surface area contributed by atoms with Crippen LogP contribution in [-0.4, -0.2) is 23.5 Å². The molecule has 0 unspecified atom stereocenters. The molecule has 0 atom stereocenters. The average Bonchev–Trinajstić information content (AvgIpc) is 3.12. The summed E-state index contributed by atoms with van der Waals surface area (Å²) < 4.78 is 12.2. The number of anilines is 1. The van der Waals surface area contributed by atoms with Crippen LogP contribution in [-0.2, 0) is 11.4 Å². The van der Waals surface area contributed by atoms with Gasteiger partial charge in [-0.3, -0.25) is 14.9 Å². The smallest absolute Gasteiger partial charge is 0.333 e. The number of benzene rings is 3. The van der Waals surface area contributed by atoms with E-state index in [1.807, 2.05) is 6.92 Å². The quantitative estimate of drug-likeness (QED) is 0.151. The standard InChI is InChI=1S/C25H19BrClN3O6/c1-2-35-22-13-16(11-20(26)23(22)36-14-15-4-3-5-19(10-15)30(33)34)12-21-24(31)29(25(32)28-21)18-8-6-17(27)7-9-18/h3-13H,2,14H2,1H3,(H,28,32)/b21-12+. The van der Waals surface area contributed by atoms with Gasteiger partial charge in [0.2, 0.25) is 0 Å². The predicted molar refractivity (Wildman–Crippen MR) is 138 cm³/mol. The van der Waals surface area contributed by atoms with E-state index in [0.29, 0.717) is 44.4 Å². The number of carbonyl (C=O) groups is 2. The van der Waals surface area contributed by atoms with Gasteiger partial charge in [-0.1, -0.05) is 23.7 Å². The first-order valence-corrected chi connectivity index (χ1v) is 11.9. The molecule has 0 saturated carbocycles. The van der Waals surface area contributed by atoms with Crippen LogP contribution >= 0.6 is 27.5 Å². The van der Waals surface area contributed by atoms with Crippen molar-refractivity contribution in [1.29, 1.82) is 0 Å². The first kappa shape index (κ1) is 25.2. The second-order valence-corrected chi connectivity index (χ2v) is 8.87. The number of hydrogen-bond acceptors (Lipinski definition) is 6. The lowest BCUT2D eigenvalue weighted by Gasteiger charge is -2.15. The molecule has 0 aliphatic carbocycles. The zero-order valence-electron chi connectivity index (χ0n) is 18.9. The average molecular weight is 573 g/mol. The van der Waals surface area contributed by atoms with Crippen molar-refractivity contribution in [1.82, 2.24) is 5.32 Å². The number of imide groups is 1. The lowest BCUT2D eigenvalue weighted by Crippen LogP contribution is -2.30. The van der Waals surface area contributed by atoms with Crippen molar-refractivity contribution in [2.75, 3.05) is 11.5 Å². The van der Waals surface area contributed by atoms with Crippen molar-refractivity contribution in [2.24, 2.45) is 0 Å². The van der Waals surface area contributed by atoms with Crippen LogP contribution < -0.4 is 19.7 Å². The predicted octanol–water partition coefficient (Wildman–Crippen LogP) is 6.09. The Morgan fingerprint density at radius 3 is 2.56 bits per heavy atom. The highest BCUT2D eigenvalue weighted by molar-refractivity contribution is 9.10. The van der Waals surface area contributed by atoms with Crippen LogP contribution in [0.15, 0.2) is 70.8 Å². The molecule has 3 aromatic rings. The summed E-state index contributed by atoms with van der Waals surface area (Å²) in [6, 6.07) is 15.3. The minimum absolute atomic E-state index is 0.0295. The van der Waals surface area contributed by atoms with Gasteiger partial charge in [0.05, 0.1) is 21.7 Å². The molecule has 9 nitrogen and oxygen atoms in total. The maximum absolute atomic E-state index is 12.9. The number of rotatable bonds is 8. The molecule has 1 N–H and O–H groups in total. The Hall–Kier alpha value is -3.89. The van der Waals surface area contributed by atoms with Crippen molar-refractivity contribution in [2.45, 2.75) is 13.5 Å². The summed E-state index contributed by atoms with van der Waals surface area (Å²) in [6.45, 7) is 2.24. The highest BCUT2D eigenvalue weighted by Gasteiger charge is 2.35. The Labute approximate surface area is 219 Å². The van der Waals surface area contributed by atoms with Gasteiger partial charge in [0.15, 0.2) is 11.5 Å². The molecule has 3 aromatic carbocycles. The van der Waals surface area contributed by atoms with E-state index in [9.17, 15) is 19.7 Å². The van der Waals surface area contributed by atoms with E-state index in [0.717, 1.165) is 4.90 Å². The van der Waals surface area contributed by atoms with Gasteiger partial charge in [0.1, 0.15) is 12.3 Å². The molecular weight excluding hydrogens is 554 g/mol. The van der Waals surface area contributed by atoms with Crippen molar-refractivity contribution < 1.29 is 24.0 Å². The molecular formula is C25H19BrClN3O6. The maximum atomic E-state index is 12.9. The Balaban J connectivity index is 1.59. The first-order valence-electron chi connectivity index (χ1n) is 10.7. The number of carbonyl (C=O) groups excluding carboxylic acids is 2. The van der Waals surface area contributed by atoms with Gasteiger partial charge in [-0.2, -0.15) is 0 Å². The molecule has 1 aliphatic rings. The SMILES string of the molecule is CCOc1cc(/C=C2/NC(=O)N(c3ccc(Cl)cc3)C2=O)cc(Br)c1OCc1cccc([N+](=O)[O-])c1. The molecule has 0 aromatic heterocycles. The normalized spacial score (nSPS) is 14.2. The van der Waals surface area contributed by atoms with Crippen LogP contribution in [0.1, 0.15) is 18.1 Å². The monoisotopic (exact) mass is 571 g/mol. The minimum atomic E-state index is -0.574. The van der Waals surface area contributed by atoms with Gasteiger partial charge in [-0.15, -0.1) is 0 Å². The maximum Gasteiger partial charge on any atom is 0.333 e. The fourth-order valence-electron chi connectivity index (χ4n) is 3.52. The molecule has 3 amide bonds. The highest BCUT2D eigenvalue weighted by atomic mass is 79.9. The Bertz CT molecular complexity index is 1380. The van der Waals surface area contributed by atoms with Gasteiger partial charge in [-0.05, 0) is 76.5 Å². The summed E-state index contributed by atoms with van der Waals surface area (Å²) in [5.74, 6) is 0.285. The number of amides is 3. The fraction of sp³-hybridized carbons (Fsp3) is 0.120. The van der Waals surface area contributed by atoms with Crippen molar-refractivity contribution >= 4 is 56.9 Å². The van der Waals surface area contributed by atoms with E-state index in [1.54, 1.807) is 48.5 Å². The molecule has 1 saturated heterocycles. The summed E-state index contributed by atoms with van der Waals surface area (Å²) in [5, 5.41) is 14.1. The zero-order chi connectivity index (χ0) is 25.8. The van der Waals surface area contributed by atoms with Crippen molar-refractivity contribution in [3.63, 3.8) is 0 Å². The topological polar surface area (TPSA) is 111 Å². The third kappa shape index (κ3) is 5.50. The molecule has 0 spiro atoms. The van der Waals surface area contributed by atoms with Crippen LogP contribution in [0.5, 0.6) is 11.5 Å². The van der Waals surface area contributed by atoms with E-state index in [2.05, 4.69) is 21.2 Å². The lowest BCUT2D eigenvalue weighted by atomic mass is 10.1. The van der Waals surface area contributed by atoms with Gasteiger partial charge < -0.3 is 14.8 Å². The summed E-state index contributed by atoms with van der Waals surface area (Å²) in [4.78, 5) is 37.0. The number of nitro groups is 1. The lowest BCUT2D eigenvalue weighted by molar-refractivity contribution is -0.384. The van der Waals surface area contributed by atoms with E-state index < -0.39 is 16.9 Å². The third-order valence-corrected chi connectivity index (χ3v) is 5.95. The molecule has 0 bridgehead atoms. The van der Waals surface area contributed by atoms with Crippen LogP contribution in [0, 0.1) is 10.1 Å². The van der Waals surface area contributed by atoms with Crippen LogP contribution in [0.2, 0.25) is 5.02 Å². The molecule has 1 heterocycles. The Morgan fingerprint density at radius 1 is 1.11 bits per heavy atom. The fourth-order valence-corrected chi connectivity index (χ4v) is 4.22. The minimum Gasteiger partial charge on any atom is -0.490 e. The van der Waals surface area contributed by atoms with E-state index in [4.69, 9.17) is 21.1 Å². The third-order valence-electron chi connectivity index (χ3n) is 5.11. The molecule has 0 radical (unpaired) electrons. The van der Waals surface area contributed by atoms with Gasteiger partial charge in [-0.25, -0.2) is 9.69 Å². The number of ether oxygens (including phenoxy) is 2. The largest absolute Gasteiger partial charge is 0.490 e. The zero-order valence-corrected chi connectivity index (χ0v) is 21.2. The number of urea groups is 1. The van der Waals surface area contributed by atoms with E-state index in [-0.39, 0.29) is 18.0 Å². The second-order valence-electron chi connectivity index (χ2n) is 7.58. The van der Waals surface area contributed by atoms with Crippen LogP contribution in [0.3, 0.4) is 0 Å². The molecule has 184 valence electrons. The Morgan fingerprint density at radius 2 is 1.86 bits per heavy atom. The summed E-state index contributed by atoms with van der Waals surface area (Å²) in [5.41, 5.74) is 1.65. The second kappa shape index (κ2) is 10.8. The highest BCUT2D eigenvalue weighted by Crippen LogP contribution is 2.38. The molecule has 36 heavy (non-hydrogen) atoms. The summed E-state index contributed by atoms with van der Waals surface area (Å²) in [6.07, 6.45) is 1.54. The van der Waals surface area contributed by atoms with Crippen molar-refractivity contribution in [3.05, 3.63) is 97.1 Å². The van der Waals surface area contributed by atoms with E-state index >= 15 is 0 Å². The van der Waals surface area contributed by atoms with Crippen molar-refractivity contribution in [3.8, 4) is 11.5 Å². The number of nitro benzene ring substituents is 1. The first-order chi connectivity index (χ1) is 17.3. The number of non-ortho nitro benzene ring substituents is 1. The van der Waals surface area contributed by atoms with Gasteiger partial charge in [0.25, 0.3) is 11.6 Å². The van der Waals surface area contributed by atoms with Crippen LogP contribution in [0.4, 0.5) is 16.2 Å². The number of hydrogen-bond donors (Lipinski definition) is 1. The van der Waals surface area contributed by atoms with Crippen LogP contribution in [0.25, 0.3) is 6.08 Å². The number of nitrogens with one attached hydrogen (secondary N) is 1. The summed E-state index contributed by atoms with van der Waals surface area (Å²) >= 11 is 9.38. The van der Waals surface area contributed by atoms with E-state index in [1.165, 1.54) is 18.2 Å². The summed E-state index contributed by atoms with van der Waals surface area (Å²) in [7, 11) is 0. The van der Waals surface area contributed by atoms with Gasteiger partial charge >= 0.3 is 6.03 Å². The van der Waals surface area contributed by atoms with Gasteiger partial charge in [0, 0.05) is 17.2 Å². The molecule has 11 heteroatoms. The molecule has 1 fully saturated rings.